The molecule has 0 radical (unpaired) electrons. The number of halogens is 2. The fourth-order valence-corrected chi connectivity index (χ4v) is 3.45. The number of methoxy groups -OCH3 is 3. The summed E-state index contributed by atoms with van der Waals surface area (Å²) in [6.07, 6.45) is 5.73. The summed E-state index contributed by atoms with van der Waals surface area (Å²) in [6, 6.07) is 9.69. The molecule has 0 N–H and O–H groups in total. The van der Waals surface area contributed by atoms with E-state index in [0.717, 1.165) is 11.1 Å². The van der Waals surface area contributed by atoms with Crippen LogP contribution in [0.5, 0.6) is 23.0 Å². The summed E-state index contributed by atoms with van der Waals surface area (Å²) in [5, 5.41) is 0. The van der Waals surface area contributed by atoms with Gasteiger partial charge in [-0.3, -0.25) is 4.79 Å². The van der Waals surface area contributed by atoms with Crippen molar-refractivity contribution in [3.05, 3.63) is 59.7 Å². The first-order valence-electron chi connectivity index (χ1n) is 9.96. The number of hydrogen-bond donors (Lipinski definition) is 0. The number of amides is 1. The Kier molecular flexibility index (Phi) is 7.70. The van der Waals surface area contributed by atoms with E-state index in [4.69, 9.17) is 14.2 Å². The van der Waals surface area contributed by atoms with Gasteiger partial charge in [0, 0.05) is 31.3 Å². The molecule has 0 atom stereocenters. The van der Waals surface area contributed by atoms with Crippen molar-refractivity contribution >= 4 is 17.6 Å². The summed E-state index contributed by atoms with van der Waals surface area (Å²) in [5.74, 6) is 1.86. The third-order valence-corrected chi connectivity index (χ3v) is 5.08. The Hall–Kier alpha value is -3.55. The van der Waals surface area contributed by atoms with Crippen molar-refractivity contribution in [2.75, 3.05) is 34.4 Å². The van der Waals surface area contributed by atoms with Crippen LogP contribution < -0.4 is 18.9 Å². The largest absolute Gasteiger partial charge is 0.496 e. The molecule has 32 heavy (non-hydrogen) atoms. The van der Waals surface area contributed by atoms with Gasteiger partial charge in [0.05, 0.1) is 26.9 Å². The van der Waals surface area contributed by atoms with Crippen LogP contribution in [0.25, 0.3) is 11.6 Å². The minimum absolute atomic E-state index is 0.0709. The fraction of sp³-hybridized carbons (Fsp3) is 0.292. The molecular weight excluding hydrogens is 420 g/mol. The molecule has 2 aromatic carbocycles. The Morgan fingerprint density at radius 2 is 1.66 bits per heavy atom. The molecule has 0 saturated carbocycles. The van der Waals surface area contributed by atoms with E-state index >= 15 is 0 Å². The standard InChI is InChI=1S/C24H25F2NO5/c1-29-19-14-20(30-2)23(21(15-19)31-3)17-10-12-27(13-11-17)22(28)9-6-16-4-7-18(8-5-16)32-24(25)26/h4-10,14-15,24H,11-13H2,1-3H3/b9-6+. The Balaban J connectivity index is 1.69. The van der Waals surface area contributed by atoms with E-state index in [-0.39, 0.29) is 11.7 Å². The number of ether oxygens (including phenoxy) is 4. The Morgan fingerprint density at radius 1 is 1.00 bits per heavy atom. The first-order valence-corrected chi connectivity index (χ1v) is 9.96. The van der Waals surface area contributed by atoms with Gasteiger partial charge in [0.1, 0.15) is 23.0 Å². The maximum Gasteiger partial charge on any atom is 0.387 e. The highest BCUT2D eigenvalue weighted by molar-refractivity contribution is 5.92. The molecule has 0 unspecified atom stereocenters. The predicted octanol–water partition coefficient (Wildman–Crippen LogP) is 4.64. The molecule has 2 aromatic rings. The number of hydrogen-bond acceptors (Lipinski definition) is 5. The van der Waals surface area contributed by atoms with E-state index in [1.54, 1.807) is 56.6 Å². The zero-order valence-corrected chi connectivity index (χ0v) is 18.1. The van der Waals surface area contributed by atoms with Gasteiger partial charge >= 0.3 is 6.61 Å². The lowest BCUT2D eigenvalue weighted by Gasteiger charge is -2.27. The second-order valence-corrected chi connectivity index (χ2v) is 6.95. The SMILES string of the molecule is COc1cc(OC)c(C2=CCN(C(=O)/C=C/c3ccc(OC(F)F)cc3)CC2)c(OC)c1. The highest BCUT2D eigenvalue weighted by Gasteiger charge is 2.22. The van der Waals surface area contributed by atoms with Crippen molar-refractivity contribution in [2.45, 2.75) is 13.0 Å². The maximum absolute atomic E-state index is 12.6. The fourth-order valence-electron chi connectivity index (χ4n) is 3.45. The molecule has 0 fully saturated rings. The number of nitrogens with zero attached hydrogens (tertiary/aromatic N) is 1. The lowest BCUT2D eigenvalue weighted by Crippen LogP contribution is -2.33. The van der Waals surface area contributed by atoms with E-state index in [9.17, 15) is 13.6 Å². The zero-order valence-electron chi connectivity index (χ0n) is 18.1. The average molecular weight is 445 g/mol. The summed E-state index contributed by atoms with van der Waals surface area (Å²) < 4.78 is 45.1. The van der Waals surface area contributed by atoms with Crippen molar-refractivity contribution in [3.8, 4) is 23.0 Å². The Morgan fingerprint density at radius 3 is 2.16 bits per heavy atom. The van der Waals surface area contributed by atoms with Crippen LogP contribution in [0.15, 0.2) is 48.6 Å². The van der Waals surface area contributed by atoms with Crippen LogP contribution in [-0.2, 0) is 4.79 Å². The lowest BCUT2D eigenvalue weighted by atomic mass is 9.97. The minimum atomic E-state index is -2.87. The monoisotopic (exact) mass is 445 g/mol. The maximum atomic E-state index is 12.6. The Bertz CT molecular complexity index is 977. The molecule has 1 aliphatic rings. The van der Waals surface area contributed by atoms with Crippen molar-refractivity contribution < 1.29 is 32.5 Å². The number of carbonyl (C=O) groups excluding carboxylic acids is 1. The van der Waals surface area contributed by atoms with Crippen molar-refractivity contribution in [1.82, 2.24) is 4.90 Å². The van der Waals surface area contributed by atoms with Gasteiger partial charge in [0.25, 0.3) is 0 Å². The first-order chi connectivity index (χ1) is 15.4. The van der Waals surface area contributed by atoms with Gasteiger partial charge in [0.15, 0.2) is 0 Å². The van der Waals surface area contributed by atoms with E-state index < -0.39 is 6.61 Å². The molecule has 1 amide bonds. The van der Waals surface area contributed by atoms with Crippen LogP contribution in [0.4, 0.5) is 8.78 Å². The van der Waals surface area contributed by atoms with Gasteiger partial charge in [-0.1, -0.05) is 18.2 Å². The number of carbonyl (C=O) groups is 1. The topological polar surface area (TPSA) is 57.2 Å². The normalized spacial score (nSPS) is 13.8. The molecule has 1 heterocycles. The van der Waals surface area contributed by atoms with Gasteiger partial charge in [-0.05, 0) is 35.8 Å². The van der Waals surface area contributed by atoms with E-state index in [2.05, 4.69) is 4.74 Å². The predicted molar refractivity (Wildman–Crippen MR) is 117 cm³/mol. The van der Waals surface area contributed by atoms with Gasteiger partial charge in [-0.15, -0.1) is 0 Å². The third-order valence-electron chi connectivity index (χ3n) is 5.08. The molecule has 3 rings (SSSR count). The lowest BCUT2D eigenvalue weighted by molar-refractivity contribution is -0.125. The minimum Gasteiger partial charge on any atom is -0.496 e. The molecule has 0 bridgehead atoms. The zero-order chi connectivity index (χ0) is 23.1. The molecule has 8 heteroatoms. The van der Waals surface area contributed by atoms with Gasteiger partial charge in [0.2, 0.25) is 5.91 Å². The summed E-state index contributed by atoms with van der Waals surface area (Å²) in [5.41, 5.74) is 2.59. The highest BCUT2D eigenvalue weighted by Crippen LogP contribution is 2.40. The molecule has 0 aromatic heterocycles. The third kappa shape index (κ3) is 5.57. The van der Waals surface area contributed by atoms with Crippen molar-refractivity contribution in [2.24, 2.45) is 0 Å². The van der Waals surface area contributed by atoms with Crippen LogP contribution in [0.1, 0.15) is 17.5 Å². The number of alkyl halides is 2. The second-order valence-electron chi connectivity index (χ2n) is 6.95. The van der Waals surface area contributed by atoms with Crippen LogP contribution in [0, 0.1) is 0 Å². The van der Waals surface area contributed by atoms with Crippen molar-refractivity contribution in [3.63, 3.8) is 0 Å². The molecule has 0 aliphatic carbocycles. The second kappa shape index (κ2) is 10.7. The van der Waals surface area contributed by atoms with E-state index in [0.29, 0.717) is 42.3 Å². The molecule has 170 valence electrons. The number of benzene rings is 2. The number of rotatable bonds is 8. The Labute approximate surface area is 185 Å². The summed E-state index contributed by atoms with van der Waals surface area (Å²) in [4.78, 5) is 14.3. The molecule has 1 aliphatic heterocycles. The van der Waals surface area contributed by atoms with Crippen LogP contribution >= 0.6 is 0 Å². The summed E-state index contributed by atoms with van der Waals surface area (Å²) in [6.45, 7) is -1.89. The highest BCUT2D eigenvalue weighted by atomic mass is 19.3. The van der Waals surface area contributed by atoms with E-state index in [1.165, 1.54) is 18.2 Å². The summed E-state index contributed by atoms with van der Waals surface area (Å²) in [7, 11) is 4.76. The first kappa shape index (κ1) is 23.1. The van der Waals surface area contributed by atoms with Gasteiger partial charge in [-0.25, -0.2) is 0 Å². The molecule has 6 nitrogen and oxygen atoms in total. The van der Waals surface area contributed by atoms with Crippen LogP contribution in [-0.4, -0.2) is 51.8 Å². The molecule has 0 saturated heterocycles. The van der Waals surface area contributed by atoms with E-state index in [1.807, 2.05) is 6.08 Å². The van der Waals surface area contributed by atoms with Crippen LogP contribution in [0.3, 0.4) is 0 Å². The van der Waals surface area contributed by atoms with Gasteiger partial charge < -0.3 is 23.8 Å². The molecular formula is C24H25F2NO5. The quantitative estimate of drug-likeness (QED) is 0.554. The smallest absolute Gasteiger partial charge is 0.387 e. The van der Waals surface area contributed by atoms with Crippen LogP contribution in [0.2, 0.25) is 0 Å². The van der Waals surface area contributed by atoms with Crippen molar-refractivity contribution in [1.29, 1.82) is 0 Å². The van der Waals surface area contributed by atoms with Gasteiger partial charge in [-0.2, -0.15) is 8.78 Å². The summed E-state index contributed by atoms with van der Waals surface area (Å²) >= 11 is 0. The average Bonchev–Trinajstić information content (AvgIpc) is 2.82. The molecule has 0 spiro atoms.